The number of nitrogens with one attached hydrogen (secondary N) is 1. The van der Waals surface area contributed by atoms with Gasteiger partial charge in [-0.1, -0.05) is 0 Å². The van der Waals surface area contributed by atoms with Crippen LogP contribution >= 0.6 is 0 Å². The monoisotopic (exact) mass is 135 g/mol. The van der Waals surface area contributed by atoms with Crippen LogP contribution < -0.4 is 5.32 Å². The molecule has 5 heteroatoms. The highest BCUT2D eigenvalue weighted by molar-refractivity contribution is 5.64. The van der Waals surface area contributed by atoms with Crippen LogP contribution in [0.3, 0.4) is 0 Å². The molecule has 0 saturated heterocycles. The summed E-state index contributed by atoms with van der Waals surface area (Å²) < 4.78 is 0. The van der Waals surface area contributed by atoms with Crippen molar-refractivity contribution in [2.75, 3.05) is 13.2 Å². The van der Waals surface area contributed by atoms with Gasteiger partial charge in [0.25, 0.3) is 0 Å². The number of rotatable bonds is 3. The molecule has 0 rings (SSSR count). The van der Waals surface area contributed by atoms with Crippen molar-refractivity contribution in [2.45, 2.75) is 6.04 Å². The van der Waals surface area contributed by atoms with Gasteiger partial charge in [0.1, 0.15) is 0 Å². The molecule has 4 N–H and O–H groups in total. The predicted octanol–water partition coefficient (Wildman–Crippen LogP) is -1.39. The average molecular weight is 135 g/mol. The van der Waals surface area contributed by atoms with E-state index in [2.05, 4.69) is 0 Å². The maximum absolute atomic E-state index is 9.79. The molecule has 0 aliphatic carbocycles. The Bertz CT molecular complexity index is 90.6. The lowest BCUT2D eigenvalue weighted by Gasteiger charge is -2.08. The van der Waals surface area contributed by atoms with E-state index in [1.807, 2.05) is 5.32 Å². The topological polar surface area (TPSA) is 89.8 Å². The largest absolute Gasteiger partial charge is 0.465 e. The first-order valence-corrected chi connectivity index (χ1v) is 2.42. The molecule has 0 atom stereocenters. The zero-order valence-electron chi connectivity index (χ0n) is 4.74. The molecule has 0 aliphatic heterocycles. The second-order valence-corrected chi connectivity index (χ2v) is 1.51. The first-order chi connectivity index (χ1) is 4.20. The van der Waals surface area contributed by atoms with Gasteiger partial charge in [0.2, 0.25) is 0 Å². The molecular weight excluding hydrogens is 126 g/mol. The van der Waals surface area contributed by atoms with Crippen LogP contribution in [0, 0.1) is 0 Å². The van der Waals surface area contributed by atoms with E-state index in [0.717, 1.165) is 0 Å². The molecule has 0 aromatic carbocycles. The SMILES string of the molecule is O=C(O)NC(CO)CO. The van der Waals surface area contributed by atoms with Crippen LogP contribution in [-0.4, -0.2) is 40.7 Å². The summed E-state index contributed by atoms with van der Waals surface area (Å²) in [5.74, 6) is 0. The van der Waals surface area contributed by atoms with Crippen LogP contribution in [-0.2, 0) is 0 Å². The number of hydrogen-bond acceptors (Lipinski definition) is 3. The van der Waals surface area contributed by atoms with Crippen LogP contribution in [0.25, 0.3) is 0 Å². The van der Waals surface area contributed by atoms with Crippen molar-refractivity contribution in [1.29, 1.82) is 0 Å². The van der Waals surface area contributed by atoms with Crippen molar-refractivity contribution in [3.05, 3.63) is 0 Å². The zero-order valence-corrected chi connectivity index (χ0v) is 4.74. The standard InChI is InChI=1S/C4H9NO4/c6-1-3(2-7)5-4(8)9/h3,5-7H,1-2H2,(H,8,9). The smallest absolute Gasteiger partial charge is 0.405 e. The highest BCUT2D eigenvalue weighted by atomic mass is 16.4. The zero-order chi connectivity index (χ0) is 7.28. The van der Waals surface area contributed by atoms with E-state index < -0.39 is 12.1 Å². The summed E-state index contributed by atoms with van der Waals surface area (Å²) in [6, 6.07) is -0.762. The third kappa shape index (κ3) is 3.75. The second-order valence-electron chi connectivity index (χ2n) is 1.51. The Hall–Kier alpha value is -0.810. The maximum atomic E-state index is 9.79. The van der Waals surface area contributed by atoms with E-state index in [-0.39, 0.29) is 13.2 Å². The van der Waals surface area contributed by atoms with Gasteiger partial charge in [-0.25, -0.2) is 4.79 Å². The highest BCUT2D eigenvalue weighted by Gasteiger charge is 2.06. The van der Waals surface area contributed by atoms with Gasteiger partial charge in [0.05, 0.1) is 19.3 Å². The molecule has 0 saturated carbocycles. The van der Waals surface area contributed by atoms with Crippen LogP contribution in [0.4, 0.5) is 4.79 Å². The fraction of sp³-hybridized carbons (Fsp3) is 0.750. The number of carboxylic acid groups (broad SMARTS) is 1. The van der Waals surface area contributed by atoms with E-state index in [0.29, 0.717) is 0 Å². The third-order valence-electron chi connectivity index (χ3n) is 0.768. The molecule has 0 radical (unpaired) electrons. The maximum Gasteiger partial charge on any atom is 0.405 e. The summed E-state index contributed by atoms with van der Waals surface area (Å²) in [5.41, 5.74) is 0. The van der Waals surface area contributed by atoms with Gasteiger partial charge in [-0.15, -0.1) is 0 Å². The molecule has 0 spiro atoms. The summed E-state index contributed by atoms with van der Waals surface area (Å²) in [6.07, 6.45) is -1.25. The van der Waals surface area contributed by atoms with Gasteiger partial charge >= 0.3 is 6.09 Å². The van der Waals surface area contributed by atoms with E-state index in [1.165, 1.54) is 0 Å². The molecule has 0 bridgehead atoms. The van der Waals surface area contributed by atoms with E-state index in [4.69, 9.17) is 15.3 Å². The quantitative estimate of drug-likeness (QED) is 0.383. The Morgan fingerprint density at radius 2 is 1.89 bits per heavy atom. The molecule has 0 aromatic heterocycles. The van der Waals surface area contributed by atoms with Gasteiger partial charge < -0.3 is 20.6 Å². The lowest BCUT2D eigenvalue weighted by molar-refractivity contribution is 0.149. The average Bonchev–Trinajstić information content (AvgIpc) is 1.82. The minimum absolute atomic E-state index is 0.386. The van der Waals surface area contributed by atoms with Crippen molar-refractivity contribution in [3.63, 3.8) is 0 Å². The fourth-order valence-electron chi connectivity index (χ4n) is 0.324. The summed E-state index contributed by atoms with van der Waals surface area (Å²) in [7, 11) is 0. The lowest BCUT2D eigenvalue weighted by atomic mass is 10.3. The van der Waals surface area contributed by atoms with Crippen molar-refractivity contribution in [1.82, 2.24) is 5.32 Å². The third-order valence-corrected chi connectivity index (χ3v) is 0.768. The first kappa shape index (κ1) is 8.19. The van der Waals surface area contributed by atoms with Gasteiger partial charge in [-0.05, 0) is 0 Å². The number of hydrogen-bond donors (Lipinski definition) is 4. The Balaban J connectivity index is 3.43. The molecule has 0 aliphatic rings. The molecule has 0 fully saturated rings. The van der Waals surface area contributed by atoms with E-state index >= 15 is 0 Å². The molecular formula is C4H9NO4. The van der Waals surface area contributed by atoms with Crippen molar-refractivity contribution in [2.24, 2.45) is 0 Å². The predicted molar refractivity (Wildman–Crippen MR) is 29.1 cm³/mol. The number of amides is 1. The van der Waals surface area contributed by atoms with Crippen molar-refractivity contribution in [3.8, 4) is 0 Å². The van der Waals surface area contributed by atoms with Gasteiger partial charge in [0.15, 0.2) is 0 Å². The highest BCUT2D eigenvalue weighted by Crippen LogP contribution is 1.77. The number of aliphatic hydroxyl groups excluding tert-OH is 2. The summed E-state index contributed by atoms with van der Waals surface area (Å²) >= 11 is 0. The lowest BCUT2D eigenvalue weighted by Crippen LogP contribution is -2.39. The molecule has 9 heavy (non-hydrogen) atoms. The Morgan fingerprint density at radius 1 is 1.44 bits per heavy atom. The first-order valence-electron chi connectivity index (χ1n) is 2.42. The summed E-state index contributed by atoms with van der Waals surface area (Å²) in [6.45, 7) is -0.772. The Morgan fingerprint density at radius 3 is 2.00 bits per heavy atom. The summed E-state index contributed by atoms with van der Waals surface area (Å²) in [4.78, 5) is 9.79. The van der Waals surface area contributed by atoms with Gasteiger partial charge in [0, 0.05) is 0 Å². The minimum atomic E-state index is -1.25. The number of aliphatic hydroxyl groups is 2. The Kier molecular flexibility index (Phi) is 3.74. The van der Waals surface area contributed by atoms with Gasteiger partial charge in [-0.3, -0.25) is 0 Å². The minimum Gasteiger partial charge on any atom is -0.465 e. The summed E-state index contributed by atoms with van der Waals surface area (Å²) in [5, 5.41) is 26.5. The molecule has 1 amide bonds. The van der Waals surface area contributed by atoms with E-state index in [1.54, 1.807) is 0 Å². The van der Waals surface area contributed by atoms with Crippen molar-refractivity contribution < 1.29 is 20.1 Å². The second kappa shape index (κ2) is 4.11. The molecule has 5 nitrogen and oxygen atoms in total. The fourth-order valence-corrected chi connectivity index (χ4v) is 0.324. The van der Waals surface area contributed by atoms with Gasteiger partial charge in [-0.2, -0.15) is 0 Å². The molecule has 54 valence electrons. The normalized spacial score (nSPS) is 9.67. The van der Waals surface area contributed by atoms with Crippen molar-refractivity contribution >= 4 is 6.09 Å². The Labute approximate surface area is 51.9 Å². The molecule has 0 aromatic rings. The van der Waals surface area contributed by atoms with Crippen LogP contribution in [0.5, 0.6) is 0 Å². The molecule has 0 heterocycles. The van der Waals surface area contributed by atoms with E-state index in [9.17, 15) is 4.79 Å². The molecule has 0 unspecified atom stereocenters. The number of carbonyl (C=O) groups is 1. The van der Waals surface area contributed by atoms with Crippen LogP contribution in [0.2, 0.25) is 0 Å². The van der Waals surface area contributed by atoms with Crippen LogP contribution in [0.15, 0.2) is 0 Å². The van der Waals surface area contributed by atoms with Crippen LogP contribution in [0.1, 0.15) is 0 Å².